The van der Waals surface area contributed by atoms with Crippen molar-refractivity contribution in [3.05, 3.63) is 63.8 Å². The molecule has 1 N–H and O–H groups in total. The van der Waals surface area contributed by atoms with E-state index < -0.39 is 5.97 Å². The van der Waals surface area contributed by atoms with Crippen LogP contribution in [0.15, 0.2) is 47.7 Å². The number of hydrogen-bond acceptors (Lipinski definition) is 6. The summed E-state index contributed by atoms with van der Waals surface area (Å²) in [5.41, 5.74) is 3.40. The maximum absolute atomic E-state index is 11.2. The Bertz CT molecular complexity index is 1100. The van der Waals surface area contributed by atoms with Crippen LogP contribution in [0.4, 0.5) is 0 Å². The van der Waals surface area contributed by atoms with Gasteiger partial charge in [0.1, 0.15) is 29.7 Å². The van der Waals surface area contributed by atoms with Crippen LogP contribution < -0.4 is 14.2 Å². The van der Waals surface area contributed by atoms with Crippen LogP contribution >= 0.6 is 24.0 Å². The predicted octanol–water partition coefficient (Wildman–Crippen LogP) is 5.02. The van der Waals surface area contributed by atoms with Crippen LogP contribution in [0.2, 0.25) is 5.02 Å². The van der Waals surface area contributed by atoms with Crippen LogP contribution in [0.25, 0.3) is 6.08 Å². The molecule has 0 bridgehead atoms. The molecular formula is C25H28Cl2N2O5. The van der Waals surface area contributed by atoms with Crippen molar-refractivity contribution < 1.29 is 24.1 Å². The number of fused-ring (bicyclic) bond motifs is 1. The average molecular weight is 507 g/mol. The van der Waals surface area contributed by atoms with Crippen molar-refractivity contribution in [2.45, 2.75) is 33.0 Å². The first-order valence-electron chi connectivity index (χ1n) is 10.9. The van der Waals surface area contributed by atoms with Gasteiger partial charge in [-0.15, -0.1) is 12.4 Å². The lowest BCUT2D eigenvalue weighted by Gasteiger charge is -2.28. The van der Waals surface area contributed by atoms with E-state index in [1.54, 1.807) is 18.3 Å². The zero-order chi connectivity index (χ0) is 23.4. The highest BCUT2D eigenvalue weighted by Gasteiger charge is 2.20. The summed E-state index contributed by atoms with van der Waals surface area (Å²) in [7, 11) is 0. The summed E-state index contributed by atoms with van der Waals surface area (Å²) in [5, 5.41) is 9.68. The van der Waals surface area contributed by atoms with Gasteiger partial charge in [0.25, 0.3) is 0 Å². The van der Waals surface area contributed by atoms with Crippen molar-refractivity contribution in [1.29, 1.82) is 0 Å². The van der Waals surface area contributed by atoms with Crippen molar-refractivity contribution in [3.8, 4) is 17.4 Å². The third-order valence-corrected chi connectivity index (χ3v) is 5.58. The molecule has 1 aromatic carbocycles. The molecule has 0 aliphatic carbocycles. The molecule has 2 aliphatic rings. The number of aliphatic carboxylic acids is 1. The van der Waals surface area contributed by atoms with E-state index in [9.17, 15) is 9.90 Å². The maximum atomic E-state index is 11.2. The van der Waals surface area contributed by atoms with Crippen LogP contribution in [-0.2, 0) is 11.4 Å². The quantitative estimate of drug-likeness (QED) is 0.538. The molecule has 34 heavy (non-hydrogen) atoms. The molecule has 0 amide bonds. The number of pyridine rings is 1. The van der Waals surface area contributed by atoms with E-state index in [2.05, 4.69) is 16.0 Å². The topological polar surface area (TPSA) is 81.1 Å². The molecule has 3 heterocycles. The number of nitrogens with zero attached hydrogens (tertiary/aromatic N) is 2. The van der Waals surface area contributed by atoms with Gasteiger partial charge >= 0.3 is 5.97 Å². The zero-order valence-electron chi connectivity index (χ0n) is 19.1. The number of carboxylic acid groups (broad SMARTS) is 1. The summed E-state index contributed by atoms with van der Waals surface area (Å²) in [4.78, 5) is 17.6. The monoisotopic (exact) mass is 506 g/mol. The zero-order valence-corrected chi connectivity index (χ0v) is 20.7. The van der Waals surface area contributed by atoms with Gasteiger partial charge < -0.3 is 19.3 Å². The summed E-state index contributed by atoms with van der Waals surface area (Å²) < 4.78 is 17.4. The Morgan fingerprint density at radius 3 is 2.88 bits per heavy atom. The number of halogens is 2. The first kappa shape index (κ1) is 25.9. The van der Waals surface area contributed by atoms with E-state index in [1.165, 1.54) is 0 Å². The molecule has 0 saturated heterocycles. The Kier molecular flexibility index (Phi) is 8.83. The minimum atomic E-state index is -0.843. The first-order chi connectivity index (χ1) is 15.9. The van der Waals surface area contributed by atoms with Crippen LogP contribution in [-0.4, -0.2) is 53.3 Å². The average Bonchev–Trinajstić information content (AvgIpc) is 2.79. The van der Waals surface area contributed by atoms with E-state index in [-0.39, 0.29) is 18.5 Å². The molecule has 7 nitrogen and oxygen atoms in total. The van der Waals surface area contributed by atoms with Crippen molar-refractivity contribution >= 4 is 36.1 Å². The number of aromatic nitrogens is 1. The highest BCUT2D eigenvalue weighted by molar-refractivity contribution is 6.31. The summed E-state index contributed by atoms with van der Waals surface area (Å²) in [6.45, 7) is 6.62. The smallest absolute Gasteiger partial charge is 0.332 e. The Morgan fingerprint density at radius 2 is 2.15 bits per heavy atom. The number of rotatable bonds is 8. The molecule has 1 aromatic heterocycles. The summed E-state index contributed by atoms with van der Waals surface area (Å²) in [5.74, 6) is 1.03. The fraction of sp³-hybridized carbons (Fsp3) is 0.360. The van der Waals surface area contributed by atoms with Crippen molar-refractivity contribution in [1.82, 2.24) is 9.88 Å². The third kappa shape index (κ3) is 6.65. The van der Waals surface area contributed by atoms with Crippen LogP contribution in [0.5, 0.6) is 17.4 Å². The van der Waals surface area contributed by atoms with E-state index in [0.717, 1.165) is 35.4 Å². The molecule has 2 aliphatic heterocycles. The molecule has 0 unspecified atom stereocenters. The number of carboxylic acids is 1. The second-order valence-electron chi connectivity index (χ2n) is 8.41. The summed E-state index contributed by atoms with van der Waals surface area (Å²) in [6.07, 6.45) is 6.36. The lowest BCUT2D eigenvalue weighted by Crippen LogP contribution is -2.34. The van der Waals surface area contributed by atoms with Crippen molar-refractivity contribution in [2.24, 2.45) is 0 Å². The molecule has 2 aromatic rings. The van der Waals surface area contributed by atoms with Gasteiger partial charge in [-0.05, 0) is 50.1 Å². The van der Waals surface area contributed by atoms with Gasteiger partial charge in [-0.3, -0.25) is 4.90 Å². The summed E-state index contributed by atoms with van der Waals surface area (Å²) >= 11 is 6.25. The fourth-order valence-electron chi connectivity index (χ4n) is 3.78. The Hall–Kier alpha value is -2.74. The van der Waals surface area contributed by atoms with Gasteiger partial charge in [-0.1, -0.05) is 17.7 Å². The molecular weight excluding hydrogens is 479 g/mol. The largest absolute Gasteiger partial charge is 0.489 e. The van der Waals surface area contributed by atoms with Gasteiger partial charge in [-0.25, -0.2) is 9.78 Å². The molecule has 9 heteroatoms. The minimum absolute atomic E-state index is 0. The lowest BCUT2D eigenvalue weighted by atomic mass is 10.0. The molecule has 0 atom stereocenters. The molecule has 0 spiro atoms. The molecule has 4 rings (SSSR count). The van der Waals surface area contributed by atoms with Crippen LogP contribution in [0.1, 0.15) is 31.4 Å². The van der Waals surface area contributed by atoms with E-state index in [4.69, 9.17) is 25.8 Å². The van der Waals surface area contributed by atoms with Crippen molar-refractivity contribution in [2.75, 3.05) is 26.2 Å². The normalized spacial score (nSPS) is 15.4. The SMILES string of the molecule is CC(C)Oc1ncc(COc2ccc3c(c2)OCC(CN2CCC=C(C(=O)O)C2)=C3)cc1Cl.Cl. The number of carbonyl (C=O) groups is 1. The number of benzene rings is 1. The van der Waals surface area contributed by atoms with E-state index in [0.29, 0.717) is 48.5 Å². The van der Waals surface area contributed by atoms with E-state index >= 15 is 0 Å². The minimum Gasteiger partial charge on any atom is -0.489 e. The second kappa shape index (κ2) is 11.6. The van der Waals surface area contributed by atoms with Crippen LogP contribution in [0.3, 0.4) is 0 Å². The third-order valence-electron chi connectivity index (χ3n) is 5.31. The predicted molar refractivity (Wildman–Crippen MR) is 133 cm³/mol. The van der Waals surface area contributed by atoms with E-state index in [1.807, 2.05) is 32.0 Å². The first-order valence-corrected chi connectivity index (χ1v) is 11.3. The molecule has 0 fully saturated rings. The highest BCUT2D eigenvalue weighted by atomic mass is 35.5. The van der Waals surface area contributed by atoms with Crippen molar-refractivity contribution in [3.63, 3.8) is 0 Å². The van der Waals surface area contributed by atoms with Gasteiger partial charge in [0, 0.05) is 48.6 Å². The van der Waals surface area contributed by atoms with Gasteiger partial charge in [0.05, 0.1) is 6.10 Å². The molecule has 182 valence electrons. The number of ether oxygens (including phenoxy) is 3. The highest BCUT2D eigenvalue weighted by Crippen LogP contribution is 2.31. The fourth-order valence-corrected chi connectivity index (χ4v) is 4.01. The molecule has 0 radical (unpaired) electrons. The Labute approximate surface area is 210 Å². The standard InChI is InChI=1S/C25H27ClN2O5.ClH/c1-16(2)33-24-22(26)9-17(11-27-24)14-31-21-6-5-19-8-18(15-32-23(19)10-21)12-28-7-3-4-20(13-28)25(29)30;/h4-6,8-11,16H,3,7,12-15H2,1-2H3,(H,29,30);1H. The van der Waals surface area contributed by atoms with Gasteiger partial charge in [-0.2, -0.15) is 0 Å². The maximum Gasteiger partial charge on any atom is 0.332 e. The lowest BCUT2D eigenvalue weighted by molar-refractivity contribution is -0.133. The Morgan fingerprint density at radius 1 is 1.32 bits per heavy atom. The number of hydrogen-bond donors (Lipinski definition) is 1. The second-order valence-corrected chi connectivity index (χ2v) is 8.82. The molecule has 0 saturated carbocycles. The summed E-state index contributed by atoms with van der Waals surface area (Å²) in [6, 6.07) is 7.54. The van der Waals surface area contributed by atoms with Crippen LogP contribution in [0, 0.1) is 0 Å². The van der Waals surface area contributed by atoms with Gasteiger partial charge in [0.15, 0.2) is 0 Å². The Balaban J connectivity index is 0.00000324. The van der Waals surface area contributed by atoms with Gasteiger partial charge in [0.2, 0.25) is 5.88 Å².